The minimum atomic E-state index is -0.0740. The van der Waals surface area contributed by atoms with Crippen molar-refractivity contribution in [2.45, 2.75) is 32.7 Å². The van der Waals surface area contributed by atoms with E-state index >= 15 is 0 Å². The fraction of sp³-hybridized carbons (Fsp3) is 0.308. The molecule has 4 rings (SSSR count). The van der Waals surface area contributed by atoms with E-state index in [4.69, 9.17) is 0 Å². The number of nitrogens with one attached hydrogen (secondary N) is 1. The highest BCUT2D eigenvalue weighted by Gasteiger charge is 2.16. The maximum atomic E-state index is 12.6. The van der Waals surface area contributed by atoms with E-state index in [1.165, 1.54) is 42.6 Å². The van der Waals surface area contributed by atoms with Crippen LogP contribution in [0.3, 0.4) is 0 Å². The molecule has 3 aromatic rings. The Labute approximate surface area is 179 Å². The second-order valence-electron chi connectivity index (χ2n) is 8.36. The summed E-state index contributed by atoms with van der Waals surface area (Å²) in [4.78, 5) is 19.2. The van der Waals surface area contributed by atoms with Crippen molar-refractivity contribution in [3.8, 4) is 0 Å². The topological polar surface area (TPSA) is 45.2 Å². The van der Waals surface area contributed by atoms with Gasteiger partial charge in [-0.2, -0.15) is 0 Å². The number of likely N-dealkylation sites (tertiary alicyclic amines) is 1. The molecule has 1 amide bonds. The average molecular weight is 400 g/mol. The summed E-state index contributed by atoms with van der Waals surface area (Å²) < 4.78 is 0. The summed E-state index contributed by atoms with van der Waals surface area (Å²) in [6.45, 7) is 5.62. The summed E-state index contributed by atoms with van der Waals surface area (Å²) in [5.41, 5.74) is 5.19. The Kier molecular flexibility index (Phi) is 6.55. The Morgan fingerprint density at radius 3 is 2.33 bits per heavy atom. The molecule has 0 saturated carbocycles. The van der Waals surface area contributed by atoms with Crippen molar-refractivity contribution < 1.29 is 4.79 Å². The first kappa shape index (κ1) is 20.3. The molecule has 30 heavy (non-hydrogen) atoms. The number of benzene rings is 2. The predicted molar refractivity (Wildman–Crippen MR) is 122 cm³/mol. The van der Waals surface area contributed by atoms with Gasteiger partial charge in [0.25, 0.3) is 5.91 Å². The number of hydrogen-bond acceptors (Lipinski definition) is 3. The first-order valence-corrected chi connectivity index (χ1v) is 10.8. The molecule has 0 spiro atoms. The molecule has 1 unspecified atom stereocenters. The van der Waals surface area contributed by atoms with Gasteiger partial charge in [0.2, 0.25) is 0 Å². The normalized spacial score (nSPS) is 16.9. The van der Waals surface area contributed by atoms with E-state index in [-0.39, 0.29) is 5.91 Å². The van der Waals surface area contributed by atoms with E-state index in [2.05, 4.69) is 46.4 Å². The lowest BCUT2D eigenvalue weighted by Crippen LogP contribution is -2.33. The molecule has 1 fully saturated rings. The van der Waals surface area contributed by atoms with Crippen molar-refractivity contribution in [3.63, 3.8) is 0 Å². The van der Waals surface area contributed by atoms with Crippen LogP contribution in [0.5, 0.6) is 0 Å². The second kappa shape index (κ2) is 9.68. The first-order valence-electron chi connectivity index (χ1n) is 10.8. The largest absolute Gasteiger partial charge is 0.322 e. The minimum Gasteiger partial charge on any atom is -0.322 e. The molecule has 0 radical (unpaired) electrons. The number of rotatable bonds is 6. The van der Waals surface area contributed by atoms with Crippen molar-refractivity contribution in [2.75, 3.05) is 18.4 Å². The van der Waals surface area contributed by atoms with Crippen LogP contribution in [-0.2, 0) is 13.0 Å². The van der Waals surface area contributed by atoms with Gasteiger partial charge >= 0.3 is 0 Å². The number of carbonyl (C=O) groups is 1. The highest BCUT2D eigenvalue weighted by atomic mass is 16.1. The lowest BCUT2D eigenvalue weighted by atomic mass is 9.99. The van der Waals surface area contributed by atoms with Crippen LogP contribution in [0.25, 0.3) is 0 Å². The van der Waals surface area contributed by atoms with Crippen molar-refractivity contribution in [1.29, 1.82) is 0 Å². The van der Waals surface area contributed by atoms with E-state index < -0.39 is 0 Å². The van der Waals surface area contributed by atoms with Crippen LogP contribution >= 0.6 is 0 Å². The van der Waals surface area contributed by atoms with Crippen molar-refractivity contribution in [1.82, 2.24) is 9.88 Å². The molecule has 1 atom stereocenters. The minimum absolute atomic E-state index is 0.0740. The quantitative estimate of drug-likeness (QED) is 0.623. The van der Waals surface area contributed by atoms with E-state index in [1.807, 2.05) is 48.8 Å². The first-order chi connectivity index (χ1) is 14.7. The SMILES string of the molecule is CC1CCCN(Cc2ccc(C(=O)Nc3ccc(Cc4ccncc4)cc3)cc2)C1. The third kappa shape index (κ3) is 5.55. The van der Waals surface area contributed by atoms with Gasteiger partial charge in [-0.05, 0) is 84.8 Å². The number of aromatic nitrogens is 1. The molecule has 4 heteroatoms. The van der Waals surface area contributed by atoms with Gasteiger partial charge < -0.3 is 5.32 Å². The van der Waals surface area contributed by atoms with Gasteiger partial charge in [0.05, 0.1) is 0 Å². The Balaban J connectivity index is 1.32. The van der Waals surface area contributed by atoms with Crippen molar-refractivity contribution >= 4 is 11.6 Å². The number of nitrogens with zero attached hydrogens (tertiary/aromatic N) is 2. The molecule has 154 valence electrons. The molecule has 2 aromatic carbocycles. The monoisotopic (exact) mass is 399 g/mol. The zero-order valence-electron chi connectivity index (χ0n) is 17.6. The summed E-state index contributed by atoms with van der Waals surface area (Å²) in [5.74, 6) is 0.704. The highest BCUT2D eigenvalue weighted by molar-refractivity contribution is 6.04. The van der Waals surface area contributed by atoms with Gasteiger partial charge in [-0.3, -0.25) is 14.7 Å². The summed E-state index contributed by atoms with van der Waals surface area (Å²) >= 11 is 0. The highest BCUT2D eigenvalue weighted by Crippen LogP contribution is 2.19. The van der Waals surface area contributed by atoms with E-state index in [9.17, 15) is 4.79 Å². The zero-order valence-corrected chi connectivity index (χ0v) is 17.6. The Bertz CT molecular complexity index is 952. The van der Waals surface area contributed by atoms with Crippen LogP contribution in [0.4, 0.5) is 5.69 Å². The Morgan fingerprint density at radius 2 is 1.63 bits per heavy atom. The van der Waals surface area contributed by atoms with Crippen molar-refractivity contribution in [3.05, 3.63) is 95.3 Å². The molecule has 1 aliphatic rings. The van der Waals surface area contributed by atoms with Crippen LogP contribution < -0.4 is 5.32 Å². The molecular formula is C26H29N3O. The van der Waals surface area contributed by atoms with Gasteiger partial charge in [-0.15, -0.1) is 0 Å². The van der Waals surface area contributed by atoms with Crippen LogP contribution in [0, 0.1) is 5.92 Å². The molecule has 4 nitrogen and oxygen atoms in total. The third-order valence-electron chi connectivity index (χ3n) is 5.73. The van der Waals surface area contributed by atoms with Crippen molar-refractivity contribution in [2.24, 2.45) is 5.92 Å². The maximum absolute atomic E-state index is 12.6. The molecule has 1 aliphatic heterocycles. The predicted octanol–water partition coefficient (Wildman–Crippen LogP) is 5.16. The summed E-state index contributed by atoms with van der Waals surface area (Å²) in [7, 11) is 0. The summed E-state index contributed by atoms with van der Waals surface area (Å²) in [5, 5.41) is 3.00. The smallest absolute Gasteiger partial charge is 0.255 e. The van der Waals surface area contributed by atoms with Gasteiger partial charge in [-0.1, -0.05) is 31.2 Å². The van der Waals surface area contributed by atoms with Crippen LogP contribution in [-0.4, -0.2) is 28.9 Å². The van der Waals surface area contributed by atoms with Crippen LogP contribution in [0.15, 0.2) is 73.1 Å². The third-order valence-corrected chi connectivity index (χ3v) is 5.73. The Hall–Kier alpha value is -2.98. The summed E-state index contributed by atoms with van der Waals surface area (Å²) in [6, 6.07) is 20.1. The molecule has 2 heterocycles. The molecule has 1 aromatic heterocycles. The standard InChI is InChI=1S/C26H29N3O/c1-20-3-2-16-29(18-20)19-23-4-8-24(9-5-23)26(30)28-25-10-6-21(7-11-25)17-22-12-14-27-15-13-22/h4-15,20H,2-3,16-19H2,1H3,(H,28,30). The summed E-state index contributed by atoms with van der Waals surface area (Å²) in [6.07, 6.45) is 7.09. The maximum Gasteiger partial charge on any atom is 0.255 e. The number of carbonyl (C=O) groups excluding carboxylic acids is 1. The molecule has 1 N–H and O–H groups in total. The van der Waals surface area contributed by atoms with E-state index in [1.54, 1.807) is 0 Å². The molecular weight excluding hydrogens is 370 g/mol. The fourth-order valence-electron chi connectivity index (χ4n) is 4.10. The van der Waals surface area contributed by atoms with Crippen LogP contribution in [0.2, 0.25) is 0 Å². The number of anilines is 1. The van der Waals surface area contributed by atoms with Gasteiger partial charge in [0.1, 0.15) is 0 Å². The lowest BCUT2D eigenvalue weighted by Gasteiger charge is -2.30. The number of piperidine rings is 1. The van der Waals surface area contributed by atoms with E-state index in [0.717, 1.165) is 24.6 Å². The lowest BCUT2D eigenvalue weighted by molar-refractivity contribution is 0.102. The van der Waals surface area contributed by atoms with Gasteiger partial charge in [0, 0.05) is 36.7 Å². The number of pyridine rings is 1. The number of hydrogen-bond donors (Lipinski definition) is 1. The van der Waals surface area contributed by atoms with Gasteiger partial charge in [-0.25, -0.2) is 0 Å². The average Bonchev–Trinajstić information content (AvgIpc) is 2.76. The Morgan fingerprint density at radius 1 is 0.967 bits per heavy atom. The number of amides is 1. The second-order valence-corrected chi connectivity index (χ2v) is 8.36. The fourth-order valence-corrected chi connectivity index (χ4v) is 4.10. The molecule has 0 aliphatic carbocycles. The molecule has 1 saturated heterocycles. The van der Waals surface area contributed by atoms with Crippen LogP contribution in [0.1, 0.15) is 46.8 Å². The van der Waals surface area contributed by atoms with E-state index in [0.29, 0.717) is 5.56 Å². The zero-order chi connectivity index (χ0) is 20.8. The van der Waals surface area contributed by atoms with Gasteiger partial charge in [0.15, 0.2) is 0 Å². The molecule has 0 bridgehead atoms.